The van der Waals surface area contributed by atoms with Crippen LogP contribution in [0.15, 0.2) is 66.9 Å². The second-order valence-corrected chi connectivity index (χ2v) is 9.47. The van der Waals surface area contributed by atoms with Gasteiger partial charge in [-0.05, 0) is 85.0 Å². The molecule has 0 atom stereocenters. The number of halogens is 1. The van der Waals surface area contributed by atoms with Gasteiger partial charge in [0.2, 0.25) is 0 Å². The molecule has 4 rings (SSSR count). The maximum atomic E-state index is 13.1. The van der Waals surface area contributed by atoms with Crippen LogP contribution >= 0.6 is 0 Å². The van der Waals surface area contributed by atoms with Gasteiger partial charge in [-0.2, -0.15) is 0 Å². The van der Waals surface area contributed by atoms with Crippen molar-refractivity contribution in [2.45, 2.75) is 33.9 Å². The first-order chi connectivity index (χ1) is 18.1. The van der Waals surface area contributed by atoms with Crippen molar-refractivity contribution in [1.82, 2.24) is 14.8 Å². The first-order valence-electron chi connectivity index (χ1n) is 12.5. The number of hydrogen-bond acceptors (Lipinski definition) is 5. The van der Waals surface area contributed by atoms with Gasteiger partial charge in [0.15, 0.2) is 0 Å². The Hall–Kier alpha value is -3.88. The molecule has 0 amide bonds. The highest BCUT2D eigenvalue weighted by molar-refractivity contribution is 5.89. The SMILES string of the molecule is Cc1cc(-c2cc(CN3CCN(Cc4ccc(F)cc4)CC3)ccn2)cc(C)c1C.O=C(O)/C=C\C(=O)O. The van der Waals surface area contributed by atoms with Crippen LogP contribution in [-0.4, -0.2) is 63.1 Å². The van der Waals surface area contributed by atoms with Gasteiger partial charge in [-0.25, -0.2) is 14.0 Å². The van der Waals surface area contributed by atoms with Gasteiger partial charge in [-0.15, -0.1) is 0 Å². The van der Waals surface area contributed by atoms with Crippen molar-refractivity contribution < 1.29 is 24.2 Å². The number of aromatic nitrogens is 1. The molecule has 0 saturated carbocycles. The van der Waals surface area contributed by atoms with Crippen molar-refractivity contribution in [3.8, 4) is 11.3 Å². The number of nitrogens with zero attached hydrogens (tertiary/aromatic N) is 3. The smallest absolute Gasteiger partial charge is 0.328 e. The van der Waals surface area contributed by atoms with Gasteiger partial charge in [0.05, 0.1) is 5.69 Å². The normalized spacial score (nSPS) is 14.2. The van der Waals surface area contributed by atoms with E-state index in [0.717, 1.165) is 45.0 Å². The van der Waals surface area contributed by atoms with Gasteiger partial charge in [-0.1, -0.05) is 12.1 Å². The van der Waals surface area contributed by atoms with E-state index < -0.39 is 11.9 Å². The summed E-state index contributed by atoms with van der Waals surface area (Å²) in [5.74, 6) is -2.68. The Bertz CT molecular complexity index is 1240. The van der Waals surface area contributed by atoms with Gasteiger partial charge in [0, 0.05) is 63.2 Å². The molecule has 1 saturated heterocycles. The molecule has 1 aromatic heterocycles. The van der Waals surface area contributed by atoms with Gasteiger partial charge < -0.3 is 10.2 Å². The fourth-order valence-electron chi connectivity index (χ4n) is 4.27. The van der Waals surface area contributed by atoms with Crippen LogP contribution in [0.2, 0.25) is 0 Å². The molecule has 0 unspecified atom stereocenters. The lowest BCUT2D eigenvalue weighted by Crippen LogP contribution is -2.45. The number of hydrogen-bond donors (Lipinski definition) is 2. The highest BCUT2D eigenvalue weighted by Gasteiger charge is 2.17. The average molecular weight is 520 g/mol. The van der Waals surface area contributed by atoms with Crippen LogP contribution in [0.5, 0.6) is 0 Å². The van der Waals surface area contributed by atoms with Crippen LogP contribution in [0.1, 0.15) is 27.8 Å². The van der Waals surface area contributed by atoms with Crippen molar-refractivity contribution in [3.05, 3.63) is 101 Å². The van der Waals surface area contributed by atoms with Gasteiger partial charge in [0.25, 0.3) is 0 Å². The van der Waals surface area contributed by atoms with E-state index in [4.69, 9.17) is 10.2 Å². The minimum absolute atomic E-state index is 0.170. The van der Waals surface area contributed by atoms with Crippen LogP contribution in [0.25, 0.3) is 11.3 Å². The molecule has 3 aromatic rings. The van der Waals surface area contributed by atoms with Crippen LogP contribution < -0.4 is 0 Å². The summed E-state index contributed by atoms with van der Waals surface area (Å²) in [6.45, 7) is 12.5. The summed E-state index contributed by atoms with van der Waals surface area (Å²) in [5.41, 5.74) is 8.71. The summed E-state index contributed by atoms with van der Waals surface area (Å²) in [4.78, 5) is 28.7. The number of carbonyl (C=O) groups is 2. The zero-order chi connectivity index (χ0) is 27.7. The van der Waals surface area contributed by atoms with Crippen LogP contribution in [0.4, 0.5) is 4.39 Å². The maximum absolute atomic E-state index is 13.1. The number of carboxylic acids is 2. The third-order valence-corrected chi connectivity index (χ3v) is 6.61. The number of pyridine rings is 1. The molecule has 0 radical (unpaired) electrons. The molecule has 2 aromatic carbocycles. The molecular weight excluding hydrogens is 485 g/mol. The van der Waals surface area contributed by atoms with E-state index in [0.29, 0.717) is 12.2 Å². The molecule has 38 heavy (non-hydrogen) atoms. The first kappa shape index (κ1) is 28.7. The second kappa shape index (κ2) is 13.6. The number of rotatable bonds is 7. The fourth-order valence-corrected chi connectivity index (χ4v) is 4.27. The molecule has 2 N–H and O–H groups in total. The molecule has 2 heterocycles. The quantitative estimate of drug-likeness (QED) is 0.431. The Kier molecular flexibility index (Phi) is 10.3. The Balaban J connectivity index is 0.000000436. The Morgan fingerprint density at radius 1 is 0.816 bits per heavy atom. The molecule has 1 fully saturated rings. The van der Waals surface area contributed by atoms with Crippen molar-refractivity contribution in [2.24, 2.45) is 0 Å². The molecule has 0 spiro atoms. The van der Waals surface area contributed by atoms with Crippen molar-refractivity contribution in [1.29, 1.82) is 0 Å². The van der Waals surface area contributed by atoms with Crippen LogP contribution in [0, 0.1) is 26.6 Å². The van der Waals surface area contributed by atoms with E-state index in [1.165, 1.54) is 33.4 Å². The number of piperazine rings is 1. The van der Waals surface area contributed by atoms with E-state index in [-0.39, 0.29) is 5.82 Å². The molecule has 8 heteroatoms. The Labute approximate surface area is 222 Å². The lowest BCUT2D eigenvalue weighted by molar-refractivity contribution is -0.134. The van der Waals surface area contributed by atoms with E-state index in [1.54, 1.807) is 12.1 Å². The third kappa shape index (κ3) is 8.90. The first-order valence-corrected chi connectivity index (χ1v) is 12.5. The molecule has 1 aliphatic heterocycles. The number of aryl methyl sites for hydroxylation is 2. The number of aliphatic carboxylic acids is 2. The molecular formula is C30H34FN3O4. The minimum Gasteiger partial charge on any atom is -0.478 e. The summed E-state index contributed by atoms with van der Waals surface area (Å²) in [6.07, 6.45) is 3.05. The van der Waals surface area contributed by atoms with Gasteiger partial charge >= 0.3 is 11.9 Å². The molecule has 0 aliphatic carbocycles. The third-order valence-electron chi connectivity index (χ3n) is 6.61. The molecule has 7 nitrogen and oxygen atoms in total. The van der Waals surface area contributed by atoms with Crippen LogP contribution in [0.3, 0.4) is 0 Å². The summed E-state index contributed by atoms with van der Waals surface area (Å²) in [6, 6.07) is 15.7. The van der Waals surface area contributed by atoms with Crippen LogP contribution in [-0.2, 0) is 22.7 Å². The second-order valence-electron chi connectivity index (χ2n) is 9.47. The Morgan fingerprint density at radius 3 is 1.82 bits per heavy atom. The van der Waals surface area contributed by atoms with Gasteiger partial charge in [-0.3, -0.25) is 14.8 Å². The zero-order valence-electron chi connectivity index (χ0n) is 22.0. The van der Waals surface area contributed by atoms with Crippen molar-refractivity contribution in [2.75, 3.05) is 26.2 Å². The highest BCUT2D eigenvalue weighted by Crippen LogP contribution is 2.24. The van der Waals surface area contributed by atoms with E-state index in [9.17, 15) is 14.0 Å². The van der Waals surface area contributed by atoms with E-state index >= 15 is 0 Å². The predicted octanol–water partition coefficient (Wildman–Crippen LogP) is 4.84. The number of benzene rings is 2. The monoisotopic (exact) mass is 519 g/mol. The standard InChI is InChI=1S/C26H30FN3.C4H4O4/c1-19-14-24(15-20(2)21(19)3)26-16-23(8-9-28-26)18-30-12-10-29(11-13-30)17-22-4-6-25(27)7-5-22;5-3(6)1-2-4(7)8/h4-9,14-16H,10-13,17-18H2,1-3H3;1-2H,(H,5,6)(H,7,8)/b;2-1-. The topological polar surface area (TPSA) is 94.0 Å². The zero-order valence-corrected chi connectivity index (χ0v) is 22.0. The molecule has 200 valence electrons. The van der Waals surface area contributed by atoms with Crippen molar-refractivity contribution >= 4 is 11.9 Å². The summed E-state index contributed by atoms with van der Waals surface area (Å²) in [7, 11) is 0. The van der Waals surface area contributed by atoms with Gasteiger partial charge in [0.1, 0.15) is 5.82 Å². The van der Waals surface area contributed by atoms with E-state index in [1.807, 2.05) is 18.3 Å². The van der Waals surface area contributed by atoms with E-state index in [2.05, 4.69) is 59.8 Å². The largest absolute Gasteiger partial charge is 0.478 e. The number of carboxylic acid groups (broad SMARTS) is 2. The highest BCUT2D eigenvalue weighted by atomic mass is 19.1. The predicted molar refractivity (Wildman–Crippen MR) is 145 cm³/mol. The average Bonchev–Trinajstić information content (AvgIpc) is 2.89. The minimum atomic E-state index is -1.26. The fraction of sp³-hybridized carbons (Fsp3) is 0.300. The summed E-state index contributed by atoms with van der Waals surface area (Å²) >= 11 is 0. The lowest BCUT2D eigenvalue weighted by Gasteiger charge is -2.34. The maximum Gasteiger partial charge on any atom is 0.328 e. The lowest BCUT2D eigenvalue weighted by atomic mass is 9.98. The summed E-state index contributed by atoms with van der Waals surface area (Å²) < 4.78 is 13.1. The molecule has 0 bridgehead atoms. The summed E-state index contributed by atoms with van der Waals surface area (Å²) in [5, 5.41) is 15.6. The van der Waals surface area contributed by atoms with Crippen molar-refractivity contribution in [3.63, 3.8) is 0 Å². The molecule has 1 aliphatic rings. The Morgan fingerprint density at radius 2 is 1.32 bits per heavy atom.